The first-order valence-electron chi connectivity index (χ1n) is 2.69. The molecular weight excluding hydrogens is 132 g/mol. The van der Waals surface area contributed by atoms with Gasteiger partial charge in [0, 0.05) is 12.1 Å². The van der Waals surface area contributed by atoms with Gasteiger partial charge in [-0.05, 0) is 11.9 Å². The van der Waals surface area contributed by atoms with Gasteiger partial charge in [-0.2, -0.15) is 4.57 Å². The molecular formula is C6H9N2S+. The third-order valence-electron chi connectivity index (χ3n) is 1.00. The van der Waals surface area contributed by atoms with E-state index in [1.165, 1.54) is 11.9 Å². The van der Waals surface area contributed by atoms with Gasteiger partial charge in [0.1, 0.15) is 0 Å². The quantitative estimate of drug-likeness (QED) is 0.481. The topological polar surface area (TPSA) is 29.9 Å². The van der Waals surface area contributed by atoms with Crippen LogP contribution in [0.15, 0.2) is 30.6 Å². The summed E-state index contributed by atoms with van der Waals surface area (Å²) in [5.74, 6) is 0.820. The predicted molar refractivity (Wildman–Crippen MR) is 38.4 cm³/mol. The van der Waals surface area contributed by atoms with Gasteiger partial charge in [0.2, 0.25) is 5.88 Å². The molecule has 2 nitrogen and oxygen atoms in total. The molecule has 0 aliphatic carbocycles. The van der Waals surface area contributed by atoms with Crippen LogP contribution in [-0.4, -0.2) is 0 Å². The number of nitrogens with two attached hydrogens (primary N) is 1. The van der Waals surface area contributed by atoms with Crippen molar-refractivity contribution in [2.24, 2.45) is 5.14 Å². The maximum atomic E-state index is 5.26. The molecule has 0 radical (unpaired) electrons. The molecule has 0 spiro atoms. The van der Waals surface area contributed by atoms with Gasteiger partial charge in [-0.1, -0.05) is 6.07 Å². The van der Waals surface area contributed by atoms with Crippen LogP contribution in [0, 0.1) is 0 Å². The summed E-state index contributed by atoms with van der Waals surface area (Å²) in [4.78, 5) is 0. The molecule has 0 saturated carbocycles. The predicted octanol–water partition coefficient (Wildman–Crippen LogP) is 0.538. The Morgan fingerprint density at radius 2 is 1.89 bits per heavy atom. The number of aromatic nitrogens is 1. The van der Waals surface area contributed by atoms with Crippen molar-refractivity contribution in [3.8, 4) is 0 Å². The number of rotatable bonds is 2. The lowest BCUT2D eigenvalue weighted by molar-refractivity contribution is -0.676. The highest BCUT2D eigenvalue weighted by molar-refractivity contribution is 7.95. The molecule has 48 valence electrons. The van der Waals surface area contributed by atoms with Crippen molar-refractivity contribution in [1.82, 2.24) is 0 Å². The Labute approximate surface area is 58.8 Å². The Morgan fingerprint density at radius 1 is 1.22 bits per heavy atom. The highest BCUT2D eigenvalue weighted by atomic mass is 32.2. The Kier molecular flexibility index (Phi) is 2.54. The molecule has 0 aliphatic rings. The van der Waals surface area contributed by atoms with Gasteiger partial charge in [0.05, 0.1) is 0 Å². The highest BCUT2D eigenvalue weighted by Gasteiger charge is 1.91. The Bertz CT molecular complexity index is 164. The van der Waals surface area contributed by atoms with Crippen molar-refractivity contribution in [1.29, 1.82) is 0 Å². The molecule has 1 heterocycles. The Balaban J connectivity index is 2.61. The maximum Gasteiger partial charge on any atom is 0.207 e. The van der Waals surface area contributed by atoms with E-state index in [1.54, 1.807) is 0 Å². The van der Waals surface area contributed by atoms with Crippen molar-refractivity contribution in [2.75, 3.05) is 0 Å². The Hall–Kier alpha value is -0.540. The summed E-state index contributed by atoms with van der Waals surface area (Å²) in [7, 11) is 0. The minimum atomic E-state index is 0.820. The first-order chi connectivity index (χ1) is 4.43. The van der Waals surface area contributed by atoms with E-state index in [4.69, 9.17) is 5.14 Å². The molecule has 9 heavy (non-hydrogen) atoms. The van der Waals surface area contributed by atoms with Crippen molar-refractivity contribution in [2.45, 2.75) is 5.88 Å². The summed E-state index contributed by atoms with van der Waals surface area (Å²) in [6.07, 6.45) is 3.97. The van der Waals surface area contributed by atoms with Crippen LogP contribution >= 0.6 is 11.9 Å². The van der Waals surface area contributed by atoms with Crippen LogP contribution in [0.25, 0.3) is 0 Å². The van der Waals surface area contributed by atoms with Crippen molar-refractivity contribution in [3.05, 3.63) is 30.6 Å². The van der Waals surface area contributed by atoms with Gasteiger partial charge in [-0.3, -0.25) is 5.14 Å². The summed E-state index contributed by atoms with van der Waals surface area (Å²) in [5, 5.41) is 5.26. The van der Waals surface area contributed by atoms with E-state index in [0.717, 1.165) is 5.88 Å². The monoisotopic (exact) mass is 141 g/mol. The zero-order valence-electron chi connectivity index (χ0n) is 5.03. The lowest BCUT2D eigenvalue weighted by Crippen LogP contribution is -2.30. The van der Waals surface area contributed by atoms with E-state index >= 15 is 0 Å². The van der Waals surface area contributed by atoms with Crippen LogP contribution in [0.5, 0.6) is 0 Å². The summed E-state index contributed by atoms with van der Waals surface area (Å²) >= 11 is 1.32. The minimum absolute atomic E-state index is 0.820. The standard InChI is InChI=1S/C6H9N2S/c7-9-6-8-4-2-1-3-5-8/h1-5H,6-7H2/q+1. The fourth-order valence-corrected chi connectivity index (χ4v) is 0.951. The molecule has 0 aromatic carbocycles. The first kappa shape index (κ1) is 6.58. The lowest BCUT2D eigenvalue weighted by Gasteiger charge is -1.88. The van der Waals surface area contributed by atoms with E-state index in [1.807, 2.05) is 35.2 Å². The van der Waals surface area contributed by atoms with Crippen LogP contribution in [0.4, 0.5) is 0 Å². The molecule has 0 atom stereocenters. The molecule has 0 saturated heterocycles. The molecule has 1 aromatic rings. The molecule has 0 fully saturated rings. The zero-order chi connectivity index (χ0) is 6.53. The van der Waals surface area contributed by atoms with Gasteiger partial charge in [0.15, 0.2) is 12.4 Å². The molecule has 0 bridgehead atoms. The second-order valence-corrected chi connectivity index (χ2v) is 2.28. The van der Waals surface area contributed by atoms with Gasteiger partial charge in [-0.25, -0.2) is 0 Å². The van der Waals surface area contributed by atoms with Crippen LogP contribution in [-0.2, 0) is 5.88 Å². The van der Waals surface area contributed by atoms with Gasteiger partial charge in [0.25, 0.3) is 0 Å². The summed E-state index contributed by atoms with van der Waals surface area (Å²) in [6, 6.07) is 5.95. The van der Waals surface area contributed by atoms with Gasteiger partial charge < -0.3 is 0 Å². The first-order valence-corrected chi connectivity index (χ1v) is 3.74. The van der Waals surface area contributed by atoms with Crippen molar-refractivity contribution < 1.29 is 4.57 Å². The van der Waals surface area contributed by atoms with E-state index < -0.39 is 0 Å². The van der Waals surface area contributed by atoms with E-state index in [9.17, 15) is 0 Å². The second-order valence-electron chi connectivity index (χ2n) is 1.69. The van der Waals surface area contributed by atoms with E-state index in [2.05, 4.69) is 0 Å². The SMILES string of the molecule is NSC[n+]1ccccc1. The highest BCUT2D eigenvalue weighted by Crippen LogP contribution is 1.83. The fourth-order valence-electron chi connectivity index (χ4n) is 0.606. The average molecular weight is 141 g/mol. The lowest BCUT2D eigenvalue weighted by atomic mass is 10.5. The smallest absolute Gasteiger partial charge is 0.207 e. The van der Waals surface area contributed by atoms with Gasteiger partial charge in [-0.15, -0.1) is 0 Å². The second kappa shape index (κ2) is 3.48. The van der Waals surface area contributed by atoms with Crippen molar-refractivity contribution >= 4 is 11.9 Å². The molecule has 2 N–H and O–H groups in total. The molecule has 0 unspecified atom stereocenters. The number of hydrogen-bond donors (Lipinski definition) is 1. The van der Waals surface area contributed by atoms with Crippen LogP contribution in [0.1, 0.15) is 0 Å². The molecule has 1 rings (SSSR count). The number of pyridine rings is 1. The third kappa shape index (κ3) is 2.03. The van der Waals surface area contributed by atoms with E-state index in [0.29, 0.717) is 0 Å². The largest absolute Gasteiger partial charge is 0.273 e. The zero-order valence-corrected chi connectivity index (χ0v) is 5.84. The normalized spacial score (nSPS) is 9.44. The van der Waals surface area contributed by atoms with E-state index in [-0.39, 0.29) is 0 Å². The van der Waals surface area contributed by atoms with Gasteiger partial charge >= 0.3 is 0 Å². The van der Waals surface area contributed by atoms with Crippen molar-refractivity contribution in [3.63, 3.8) is 0 Å². The summed E-state index contributed by atoms with van der Waals surface area (Å²) in [5.41, 5.74) is 0. The molecule has 0 aliphatic heterocycles. The minimum Gasteiger partial charge on any atom is -0.273 e. The third-order valence-corrected chi connectivity index (χ3v) is 1.45. The van der Waals surface area contributed by atoms with Crippen LogP contribution < -0.4 is 9.71 Å². The number of nitrogens with zero attached hydrogens (tertiary/aromatic N) is 1. The Morgan fingerprint density at radius 3 is 2.44 bits per heavy atom. The van der Waals surface area contributed by atoms with Crippen LogP contribution in [0.2, 0.25) is 0 Å². The average Bonchev–Trinajstić information content (AvgIpc) is 1.91. The van der Waals surface area contributed by atoms with Crippen LogP contribution in [0.3, 0.4) is 0 Å². The molecule has 3 heteroatoms. The number of hydrogen-bond acceptors (Lipinski definition) is 2. The fraction of sp³-hybridized carbons (Fsp3) is 0.167. The molecule has 1 aromatic heterocycles. The summed E-state index contributed by atoms with van der Waals surface area (Å²) < 4.78 is 2.02. The maximum absolute atomic E-state index is 5.26. The summed E-state index contributed by atoms with van der Waals surface area (Å²) in [6.45, 7) is 0. The molecule has 0 amide bonds.